The van der Waals surface area contributed by atoms with Crippen molar-refractivity contribution < 1.29 is 13.2 Å². The Balaban J connectivity index is 1.81. The molecule has 0 atom stereocenters. The van der Waals surface area contributed by atoms with Gasteiger partial charge in [0.15, 0.2) is 5.65 Å². The molecule has 0 aliphatic rings. The largest absolute Gasteiger partial charge is 0.433 e. The second-order valence-electron chi connectivity index (χ2n) is 6.79. The predicted molar refractivity (Wildman–Crippen MR) is 108 cm³/mol. The number of fused-ring (bicyclic) bond motifs is 2. The minimum atomic E-state index is -4.75. The number of aromatic nitrogens is 5. The average Bonchev–Trinajstić information content (AvgIpc) is 3.16. The minimum absolute atomic E-state index is 0.0833. The van der Waals surface area contributed by atoms with Crippen LogP contribution in [0.3, 0.4) is 0 Å². The topological polar surface area (TPSA) is 95.9 Å². The lowest BCUT2D eigenvalue weighted by Crippen LogP contribution is -2.20. The Bertz CT molecular complexity index is 1570. The standard InChI is InChI=1S/C21H12F3N5O2/c22-21(23,24)16-15(11-6-2-1-3-7-11)18-25-10-13(20(31)29(18)28-16)17-26-14-9-5-4-8-12(14)19(30)27-17/h1-10,28H,(H,26,27,30). The summed E-state index contributed by atoms with van der Waals surface area (Å²) in [6.45, 7) is 0. The number of para-hydroxylation sites is 1. The molecule has 0 saturated heterocycles. The molecule has 0 saturated carbocycles. The molecule has 5 rings (SSSR count). The molecule has 154 valence electrons. The molecule has 0 unspecified atom stereocenters. The molecule has 3 aromatic heterocycles. The van der Waals surface area contributed by atoms with E-state index in [2.05, 4.69) is 20.1 Å². The summed E-state index contributed by atoms with van der Waals surface area (Å²) in [6.07, 6.45) is -3.63. The molecule has 31 heavy (non-hydrogen) atoms. The number of aromatic amines is 2. The quantitative estimate of drug-likeness (QED) is 0.453. The van der Waals surface area contributed by atoms with E-state index in [4.69, 9.17) is 0 Å². The van der Waals surface area contributed by atoms with Crippen molar-refractivity contribution in [3.8, 4) is 22.5 Å². The molecule has 3 heterocycles. The predicted octanol–water partition coefficient (Wildman–Crippen LogP) is 3.61. The fourth-order valence-corrected chi connectivity index (χ4v) is 3.47. The zero-order chi connectivity index (χ0) is 21.8. The summed E-state index contributed by atoms with van der Waals surface area (Å²) in [5.41, 5.74) is -2.36. The van der Waals surface area contributed by atoms with Gasteiger partial charge >= 0.3 is 6.18 Å². The first-order valence-corrected chi connectivity index (χ1v) is 9.10. The van der Waals surface area contributed by atoms with Crippen LogP contribution in [0.5, 0.6) is 0 Å². The van der Waals surface area contributed by atoms with E-state index < -0.39 is 23.0 Å². The van der Waals surface area contributed by atoms with Crippen molar-refractivity contribution in [2.24, 2.45) is 0 Å². The molecule has 0 radical (unpaired) electrons. The van der Waals surface area contributed by atoms with E-state index in [1.165, 1.54) is 12.1 Å². The Labute approximate surface area is 170 Å². The zero-order valence-electron chi connectivity index (χ0n) is 15.6. The number of H-pyrrole nitrogens is 2. The van der Waals surface area contributed by atoms with E-state index in [1.54, 1.807) is 42.5 Å². The Morgan fingerprint density at radius 2 is 1.65 bits per heavy atom. The molecule has 2 aromatic carbocycles. The number of halogens is 3. The second-order valence-corrected chi connectivity index (χ2v) is 6.79. The SMILES string of the molecule is O=c1[nH]c(-c2cnc3c(-c4ccccc4)c(C(F)(F)F)[nH]n3c2=O)nc2ccccc12. The molecule has 2 N–H and O–H groups in total. The molecule has 0 fully saturated rings. The van der Waals surface area contributed by atoms with Crippen LogP contribution in [0.4, 0.5) is 13.2 Å². The first-order valence-electron chi connectivity index (χ1n) is 9.10. The molecular weight excluding hydrogens is 411 g/mol. The summed E-state index contributed by atoms with van der Waals surface area (Å²) in [6, 6.07) is 14.4. The molecule has 0 aliphatic heterocycles. The van der Waals surface area contributed by atoms with Crippen molar-refractivity contribution in [1.82, 2.24) is 24.6 Å². The van der Waals surface area contributed by atoms with E-state index in [9.17, 15) is 22.8 Å². The van der Waals surface area contributed by atoms with Gasteiger partial charge in [0, 0.05) is 6.20 Å². The van der Waals surface area contributed by atoms with E-state index in [0.29, 0.717) is 10.9 Å². The maximum atomic E-state index is 13.7. The van der Waals surface area contributed by atoms with Crippen molar-refractivity contribution in [3.63, 3.8) is 0 Å². The third kappa shape index (κ3) is 3.00. The second kappa shape index (κ2) is 6.66. The highest BCUT2D eigenvalue weighted by molar-refractivity contribution is 5.82. The third-order valence-corrected chi connectivity index (χ3v) is 4.87. The maximum absolute atomic E-state index is 13.7. The van der Waals surface area contributed by atoms with Crippen LogP contribution in [0, 0.1) is 0 Å². The van der Waals surface area contributed by atoms with Crippen molar-refractivity contribution in [1.29, 1.82) is 0 Å². The Hall–Kier alpha value is -4.21. The van der Waals surface area contributed by atoms with Crippen LogP contribution in [0.2, 0.25) is 0 Å². The van der Waals surface area contributed by atoms with Gasteiger partial charge in [0.05, 0.1) is 16.5 Å². The van der Waals surface area contributed by atoms with Gasteiger partial charge in [0.2, 0.25) is 0 Å². The zero-order valence-corrected chi connectivity index (χ0v) is 15.6. The first kappa shape index (κ1) is 18.8. The molecule has 0 amide bonds. The third-order valence-electron chi connectivity index (χ3n) is 4.87. The number of rotatable bonds is 2. The molecule has 0 spiro atoms. The fourth-order valence-electron chi connectivity index (χ4n) is 3.47. The number of hydrogen-bond acceptors (Lipinski definition) is 4. The van der Waals surface area contributed by atoms with Gasteiger partial charge in [-0.15, -0.1) is 0 Å². The van der Waals surface area contributed by atoms with Gasteiger partial charge in [0.25, 0.3) is 11.1 Å². The van der Waals surface area contributed by atoms with E-state index in [0.717, 1.165) is 10.7 Å². The molecular formula is C21H12F3N5O2. The van der Waals surface area contributed by atoms with E-state index >= 15 is 0 Å². The number of alkyl halides is 3. The fraction of sp³-hybridized carbons (Fsp3) is 0.0476. The van der Waals surface area contributed by atoms with Crippen molar-refractivity contribution in [3.05, 3.63) is 87.2 Å². The van der Waals surface area contributed by atoms with Crippen LogP contribution < -0.4 is 11.1 Å². The van der Waals surface area contributed by atoms with Crippen LogP contribution in [-0.4, -0.2) is 24.6 Å². The van der Waals surface area contributed by atoms with Gasteiger partial charge in [-0.3, -0.25) is 14.7 Å². The normalized spacial score (nSPS) is 12.0. The van der Waals surface area contributed by atoms with Crippen molar-refractivity contribution in [2.75, 3.05) is 0 Å². The minimum Gasteiger partial charge on any atom is -0.306 e. The number of benzene rings is 2. The smallest absolute Gasteiger partial charge is 0.306 e. The van der Waals surface area contributed by atoms with Crippen LogP contribution in [0.1, 0.15) is 5.69 Å². The first-order chi connectivity index (χ1) is 14.8. The lowest BCUT2D eigenvalue weighted by atomic mass is 10.1. The lowest BCUT2D eigenvalue weighted by molar-refractivity contribution is -0.140. The molecule has 0 aliphatic carbocycles. The van der Waals surface area contributed by atoms with Crippen LogP contribution >= 0.6 is 0 Å². The van der Waals surface area contributed by atoms with Crippen molar-refractivity contribution >= 4 is 16.6 Å². The maximum Gasteiger partial charge on any atom is 0.433 e. The van der Waals surface area contributed by atoms with Gasteiger partial charge in [-0.25, -0.2) is 9.97 Å². The van der Waals surface area contributed by atoms with Crippen LogP contribution in [0.15, 0.2) is 70.4 Å². The van der Waals surface area contributed by atoms with Gasteiger partial charge in [-0.2, -0.15) is 17.7 Å². The van der Waals surface area contributed by atoms with Gasteiger partial charge in [0.1, 0.15) is 17.1 Å². The number of nitrogens with zero attached hydrogens (tertiary/aromatic N) is 3. The Morgan fingerprint density at radius 1 is 0.935 bits per heavy atom. The number of hydrogen-bond donors (Lipinski definition) is 2. The number of nitrogens with one attached hydrogen (secondary N) is 2. The summed E-state index contributed by atoms with van der Waals surface area (Å²) in [5, 5.41) is 2.45. The van der Waals surface area contributed by atoms with Gasteiger partial charge < -0.3 is 4.98 Å². The van der Waals surface area contributed by atoms with E-state index in [-0.39, 0.29) is 28.2 Å². The molecule has 10 heteroatoms. The molecule has 5 aromatic rings. The average molecular weight is 423 g/mol. The molecule has 7 nitrogen and oxygen atoms in total. The Kier molecular flexibility index (Phi) is 4.04. The van der Waals surface area contributed by atoms with Gasteiger partial charge in [-0.1, -0.05) is 42.5 Å². The molecule has 0 bridgehead atoms. The summed E-state index contributed by atoms with van der Waals surface area (Å²) in [5.74, 6) is -0.0833. The highest BCUT2D eigenvalue weighted by Gasteiger charge is 2.38. The van der Waals surface area contributed by atoms with Gasteiger partial charge in [-0.05, 0) is 17.7 Å². The van der Waals surface area contributed by atoms with Crippen LogP contribution in [0.25, 0.3) is 39.1 Å². The highest BCUT2D eigenvalue weighted by atomic mass is 19.4. The Morgan fingerprint density at radius 3 is 2.39 bits per heavy atom. The van der Waals surface area contributed by atoms with E-state index in [1.807, 2.05) is 0 Å². The lowest BCUT2D eigenvalue weighted by Gasteiger charge is -2.06. The summed E-state index contributed by atoms with van der Waals surface area (Å²) >= 11 is 0. The summed E-state index contributed by atoms with van der Waals surface area (Å²) in [7, 11) is 0. The highest BCUT2D eigenvalue weighted by Crippen LogP contribution is 2.38. The monoisotopic (exact) mass is 423 g/mol. The summed E-state index contributed by atoms with van der Waals surface area (Å²) < 4.78 is 41.9. The van der Waals surface area contributed by atoms with Crippen LogP contribution in [-0.2, 0) is 6.18 Å². The van der Waals surface area contributed by atoms with Crippen molar-refractivity contribution in [2.45, 2.75) is 6.18 Å². The summed E-state index contributed by atoms with van der Waals surface area (Å²) in [4.78, 5) is 36.3.